The van der Waals surface area contributed by atoms with Crippen LogP contribution in [-0.4, -0.2) is 89.6 Å². The molecule has 2 aromatic rings. The van der Waals surface area contributed by atoms with Crippen molar-refractivity contribution < 1.29 is 43.3 Å². The Hall–Kier alpha value is -4.98. The summed E-state index contributed by atoms with van der Waals surface area (Å²) in [5.74, 6) is -3.99. The van der Waals surface area contributed by atoms with E-state index in [0.29, 0.717) is 30.4 Å². The first kappa shape index (κ1) is 37.5. The number of aliphatic hydroxyl groups is 1. The van der Waals surface area contributed by atoms with Gasteiger partial charge in [-0.1, -0.05) is 80.9 Å². The van der Waals surface area contributed by atoms with Gasteiger partial charge in [-0.3, -0.25) is 19.2 Å². The van der Waals surface area contributed by atoms with Gasteiger partial charge < -0.3 is 41.2 Å². The number of nitrogens with two attached hydrogens (primary N) is 1. The fourth-order valence-electron chi connectivity index (χ4n) is 5.40. The van der Waals surface area contributed by atoms with Gasteiger partial charge in [-0.15, -0.1) is 0 Å². The number of carbonyl (C=O) groups is 6. The quantitative estimate of drug-likeness (QED) is 0.161. The van der Waals surface area contributed by atoms with Crippen LogP contribution in [0.25, 0.3) is 0 Å². The summed E-state index contributed by atoms with van der Waals surface area (Å²) in [6, 6.07) is 13.0. The number of alkyl carbamates (subject to hydrolysis) is 1. The third kappa shape index (κ3) is 10.8. The second-order valence-electron chi connectivity index (χ2n) is 11.8. The molecule has 5 amide bonds. The number of esters is 1. The minimum Gasteiger partial charge on any atom is -0.467 e. The first-order chi connectivity index (χ1) is 22.9. The molecule has 1 aliphatic heterocycles. The monoisotopic (exact) mass is 667 g/mol. The lowest BCUT2D eigenvalue weighted by molar-refractivity contribution is -0.149. The van der Waals surface area contributed by atoms with E-state index >= 15 is 0 Å². The molecule has 14 nitrogen and oxygen atoms in total. The van der Waals surface area contributed by atoms with Gasteiger partial charge >= 0.3 is 12.1 Å². The second-order valence-corrected chi connectivity index (χ2v) is 11.8. The van der Waals surface area contributed by atoms with Gasteiger partial charge in [-0.25, -0.2) is 9.59 Å². The van der Waals surface area contributed by atoms with Gasteiger partial charge in [0.1, 0.15) is 24.7 Å². The third-order valence-electron chi connectivity index (χ3n) is 8.29. The molecule has 0 saturated carbocycles. The lowest BCUT2D eigenvalue weighted by atomic mass is 9.98. The smallest absolute Gasteiger partial charge is 0.408 e. The van der Waals surface area contributed by atoms with E-state index in [1.807, 2.05) is 6.92 Å². The molecule has 6 atom stereocenters. The summed E-state index contributed by atoms with van der Waals surface area (Å²) < 4.78 is 10.1. The summed E-state index contributed by atoms with van der Waals surface area (Å²) >= 11 is 0. The van der Waals surface area contributed by atoms with Gasteiger partial charge in [0, 0.05) is 6.54 Å². The Labute approximate surface area is 279 Å². The third-order valence-corrected chi connectivity index (χ3v) is 8.29. The number of methoxy groups -OCH3 is 1. The minimum absolute atomic E-state index is 0.00956. The molecule has 1 fully saturated rings. The number of primary amides is 1. The van der Waals surface area contributed by atoms with Crippen LogP contribution in [-0.2, 0) is 46.5 Å². The van der Waals surface area contributed by atoms with E-state index in [0.717, 1.165) is 0 Å². The van der Waals surface area contributed by atoms with Gasteiger partial charge in [0.05, 0.1) is 19.6 Å². The van der Waals surface area contributed by atoms with Crippen molar-refractivity contribution in [1.29, 1.82) is 0 Å². The van der Waals surface area contributed by atoms with Crippen molar-refractivity contribution in [2.75, 3.05) is 13.7 Å². The van der Waals surface area contributed by atoms with Crippen LogP contribution in [0.5, 0.6) is 0 Å². The molecule has 0 unspecified atom stereocenters. The van der Waals surface area contributed by atoms with Crippen molar-refractivity contribution in [2.24, 2.45) is 11.7 Å². The highest BCUT2D eigenvalue weighted by Gasteiger charge is 2.41. The normalized spacial score (nSPS) is 17.2. The lowest BCUT2D eigenvalue weighted by Crippen LogP contribution is -2.59. The van der Waals surface area contributed by atoms with E-state index in [1.54, 1.807) is 67.6 Å². The van der Waals surface area contributed by atoms with Crippen molar-refractivity contribution in [1.82, 2.24) is 20.9 Å². The Bertz CT molecular complexity index is 1410. The largest absolute Gasteiger partial charge is 0.467 e. The summed E-state index contributed by atoms with van der Waals surface area (Å²) in [4.78, 5) is 78.6. The van der Waals surface area contributed by atoms with Crippen molar-refractivity contribution >= 4 is 35.7 Å². The second kappa shape index (κ2) is 18.4. The zero-order valence-electron chi connectivity index (χ0n) is 27.4. The Kier molecular flexibility index (Phi) is 14.4. The van der Waals surface area contributed by atoms with Crippen LogP contribution in [0.3, 0.4) is 0 Å². The van der Waals surface area contributed by atoms with Crippen LogP contribution >= 0.6 is 0 Å². The molecular formula is C34H45N5O9. The standard InChI is InChI=1S/C34H45N5O9/c1-4-21(2)28(33(45)47-3)38-31(43)26-16-11-17-39(26)32(44)29(41)24(18-22-12-7-5-8-13-22)36-30(42)25(19-27(35)40)37-34(46)48-20-23-14-9-6-10-15-23/h5-10,12-15,21,24-26,28-29,41H,4,11,16-20H2,1-3H3,(H2,35,40)(H,36,42)(H,37,46)(H,38,43)/t21-,24-,25-,26-,28-,29-/m0/s1. The molecule has 1 saturated heterocycles. The van der Waals surface area contributed by atoms with E-state index in [-0.39, 0.29) is 25.5 Å². The molecule has 2 aromatic carbocycles. The SMILES string of the molecule is CC[C@H](C)[C@H](NC(=O)[C@@H]1CCCN1C(=O)[C@@H](O)[C@H](Cc1ccccc1)NC(=O)[C@H](CC(N)=O)NC(=O)OCc1ccccc1)C(=O)OC. The number of hydrogen-bond donors (Lipinski definition) is 5. The summed E-state index contributed by atoms with van der Waals surface area (Å²) in [5.41, 5.74) is 6.73. The Morgan fingerprint density at radius 2 is 1.58 bits per heavy atom. The molecule has 3 rings (SSSR count). The molecule has 0 aliphatic carbocycles. The predicted molar refractivity (Wildman–Crippen MR) is 174 cm³/mol. The zero-order chi connectivity index (χ0) is 35.2. The number of carbonyl (C=O) groups excluding carboxylic acids is 6. The first-order valence-corrected chi connectivity index (χ1v) is 15.9. The van der Waals surface area contributed by atoms with E-state index < -0.39 is 72.4 Å². The number of benzene rings is 2. The number of nitrogens with one attached hydrogen (secondary N) is 3. The summed E-state index contributed by atoms with van der Waals surface area (Å²) in [5, 5.41) is 19.1. The average molecular weight is 668 g/mol. The van der Waals surface area contributed by atoms with Gasteiger partial charge in [0.15, 0.2) is 6.10 Å². The summed E-state index contributed by atoms with van der Waals surface area (Å²) in [6.45, 7) is 3.73. The van der Waals surface area contributed by atoms with Crippen LogP contribution in [0.15, 0.2) is 60.7 Å². The molecule has 0 aromatic heterocycles. The highest BCUT2D eigenvalue weighted by atomic mass is 16.5. The number of likely N-dealkylation sites (tertiary alicyclic amines) is 1. The Morgan fingerprint density at radius 3 is 2.17 bits per heavy atom. The average Bonchev–Trinajstić information content (AvgIpc) is 3.59. The predicted octanol–water partition coefficient (Wildman–Crippen LogP) is 0.940. The maximum atomic E-state index is 13.8. The minimum atomic E-state index is -1.83. The Balaban J connectivity index is 1.78. The highest BCUT2D eigenvalue weighted by Crippen LogP contribution is 2.21. The van der Waals surface area contributed by atoms with Gasteiger partial charge in [0.25, 0.3) is 5.91 Å². The topological polar surface area (TPSA) is 206 Å². The van der Waals surface area contributed by atoms with E-state index in [9.17, 15) is 33.9 Å². The number of amides is 5. The van der Waals surface area contributed by atoms with Gasteiger partial charge in [-0.05, 0) is 36.3 Å². The molecule has 14 heteroatoms. The maximum Gasteiger partial charge on any atom is 0.408 e. The Morgan fingerprint density at radius 1 is 0.958 bits per heavy atom. The molecule has 6 N–H and O–H groups in total. The molecule has 0 bridgehead atoms. The molecule has 260 valence electrons. The molecule has 1 heterocycles. The molecular weight excluding hydrogens is 622 g/mol. The number of rotatable bonds is 16. The summed E-state index contributed by atoms with van der Waals surface area (Å²) in [6.07, 6.45) is -2.05. The van der Waals surface area contributed by atoms with Gasteiger partial charge in [0.2, 0.25) is 17.7 Å². The maximum absolute atomic E-state index is 13.8. The summed E-state index contributed by atoms with van der Waals surface area (Å²) in [7, 11) is 1.23. The number of ether oxygens (including phenoxy) is 2. The van der Waals surface area contributed by atoms with Crippen LogP contribution < -0.4 is 21.7 Å². The zero-order valence-corrected chi connectivity index (χ0v) is 27.4. The number of aliphatic hydroxyl groups excluding tert-OH is 1. The van der Waals surface area contributed by atoms with Crippen LogP contribution in [0.1, 0.15) is 50.7 Å². The molecule has 0 radical (unpaired) electrons. The highest BCUT2D eigenvalue weighted by molar-refractivity contribution is 5.94. The van der Waals surface area contributed by atoms with Crippen molar-refractivity contribution in [3.05, 3.63) is 71.8 Å². The van der Waals surface area contributed by atoms with Crippen LogP contribution in [0, 0.1) is 5.92 Å². The number of nitrogens with zero attached hydrogens (tertiary/aromatic N) is 1. The van der Waals surface area contributed by atoms with Crippen molar-refractivity contribution in [2.45, 2.75) is 82.8 Å². The van der Waals surface area contributed by atoms with E-state index in [2.05, 4.69) is 16.0 Å². The molecule has 48 heavy (non-hydrogen) atoms. The molecule has 0 spiro atoms. The fourth-order valence-corrected chi connectivity index (χ4v) is 5.40. The lowest BCUT2D eigenvalue weighted by Gasteiger charge is -2.32. The molecule has 1 aliphatic rings. The van der Waals surface area contributed by atoms with Crippen molar-refractivity contribution in [3.8, 4) is 0 Å². The first-order valence-electron chi connectivity index (χ1n) is 15.9. The van der Waals surface area contributed by atoms with Gasteiger partial charge in [-0.2, -0.15) is 0 Å². The fraction of sp³-hybridized carbons (Fsp3) is 0.471. The number of hydrogen-bond acceptors (Lipinski definition) is 9. The van der Waals surface area contributed by atoms with E-state index in [4.69, 9.17) is 15.2 Å². The van der Waals surface area contributed by atoms with Crippen LogP contribution in [0.2, 0.25) is 0 Å². The van der Waals surface area contributed by atoms with E-state index in [1.165, 1.54) is 12.0 Å². The van der Waals surface area contributed by atoms with Crippen molar-refractivity contribution in [3.63, 3.8) is 0 Å². The van der Waals surface area contributed by atoms with Crippen LogP contribution in [0.4, 0.5) is 4.79 Å².